The summed E-state index contributed by atoms with van der Waals surface area (Å²) in [6.45, 7) is 8.18. The topological polar surface area (TPSA) is 27.0 Å². The average Bonchev–Trinajstić information content (AvgIpc) is 2.33. The molecule has 2 fully saturated rings. The Kier molecular flexibility index (Phi) is 4.38. The zero-order valence-electron chi connectivity index (χ0n) is 11.2. The van der Waals surface area contributed by atoms with Gasteiger partial charge in [-0.1, -0.05) is 13.8 Å². The summed E-state index contributed by atoms with van der Waals surface area (Å²) in [5.41, 5.74) is 0. The lowest BCUT2D eigenvalue weighted by atomic mass is 9.78. The van der Waals surface area contributed by atoms with Crippen LogP contribution in [0.4, 0.5) is 0 Å². The lowest BCUT2D eigenvalue weighted by Gasteiger charge is -2.46. The van der Waals surface area contributed by atoms with E-state index in [1.165, 1.54) is 25.1 Å². The van der Waals surface area contributed by atoms with E-state index in [4.69, 9.17) is 0 Å². The third-order valence-electron chi connectivity index (χ3n) is 4.60. The largest absolute Gasteiger partial charge is 0.294 e. The first-order valence-corrected chi connectivity index (χ1v) is 7.95. The number of nitrogens with zero attached hydrogens (tertiary/aromatic N) is 2. The van der Waals surface area contributed by atoms with E-state index in [0.29, 0.717) is 17.3 Å². The lowest BCUT2D eigenvalue weighted by molar-refractivity contribution is 0.0743. The van der Waals surface area contributed by atoms with Crippen molar-refractivity contribution in [3.63, 3.8) is 0 Å². The molecule has 1 aliphatic heterocycles. The van der Waals surface area contributed by atoms with E-state index >= 15 is 0 Å². The maximum Gasteiger partial charge on any atom is 0.0672 e. The Morgan fingerprint density at radius 2 is 2.00 bits per heavy atom. The quantitative estimate of drug-likeness (QED) is 0.717. The van der Waals surface area contributed by atoms with Gasteiger partial charge in [0, 0.05) is 29.6 Å². The molecule has 5 atom stereocenters. The van der Waals surface area contributed by atoms with Gasteiger partial charge >= 0.3 is 0 Å². The van der Waals surface area contributed by atoms with Gasteiger partial charge in [-0.3, -0.25) is 4.90 Å². The summed E-state index contributed by atoms with van der Waals surface area (Å²) >= 11 is 2.08. The fraction of sp³-hybridized carbons (Fsp3) is 0.929. The van der Waals surface area contributed by atoms with Crippen molar-refractivity contribution in [2.45, 2.75) is 57.4 Å². The van der Waals surface area contributed by atoms with Crippen LogP contribution in [0.5, 0.6) is 0 Å². The van der Waals surface area contributed by atoms with Crippen LogP contribution in [0.2, 0.25) is 0 Å². The van der Waals surface area contributed by atoms with Gasteiger partial charge in [-0.2, -0.15) is 17.0 Å². The molecular formula is C14H24N2S. The normalized spacial score (nSPS) is 44.2. The van der Waals surface area contributed by atoms with E-state index in [-0.39, 0.29) is 5.92 Å². The van der Waals surface area contributed by atoms with Crippen LogP contribution >= 0.6 is 11.8 Å². The van der Waals surface area contributed by atoms with Gasteiger partial charge < -0.3 is 0 Å². The average molecular weight is 252 g/mol. The highest BCUT2D eigenvalue weighted by Gasteiger charge is 2.37. The van der Waals surface area contributed by atoms with Gasteiger partial charge in [-0.05, 0) is 32.1 Å². The second-order valence-electron chi connectivity index (χ2n) is 5.78. The van der Waals surface area contributed by atoms with Crippen molar-refractivity contribution >= 4 is 11.8 Å². The molecule has 1 heterocycles. The minimum absolute atomic E-state index is 0.268. The van der Waals surface area contributed by atoms with Crippen LogP contribution in [0.25, 0.3) is 0 Å². The Labute approximate surface area is 110 Å². The van der Waals surface area contributed by atoms with Crippen molar-refractivity contribution in [3.05, 3.63) is 0 Å². The fourth-order valence-electron chi connectivity index (χ4n) is 3.29. The van der Waals surface area contributed by atoms with Gasteiger partial charge in [-0.15, -0.1) is 0 Å². The molecular weight excluding hydrogens is 228 g/mol. The summed E-state index contributed by atoms with van der Waals surface area (Å²) in [5, 5.41) is 10.1. The summed E-state index contributed by atoms with van der Waals surface area (Å²) in [6.07, 6.45) is 3.56. The Balaban J connectivity index is 2.10. The Bertz CT molecular complexity index is 299. The molecule has 2 aliphatic rings. The van der Waals surface area contributed by atoms with Crippen molar-refractivity contribution in [1.82, 2.24) is 4.90 Å². The van der Waals surface area contributed by atoms with Crippen LogP contribution in [0.3, 0.4) is 0 Å². The molecule has 1 aliphatic carbocycles. The molecule has 1 saturated carbocycles. The summed E-state index contributed by atoms with van der Waals surface area (Å²) in [5.74, 6) is 2.29. The van der Waals surface area contributed by atoms with Gasteiger partial charge in [0.05, 0.1) is 12.0 Å². The van der Waals surface area contributed by atoms with Gasteiger partial charge in [0.25, 0.3) is 0 Å². The monoisotopic (exact) mass is 252 g/mol. The predicted molar refractivity (Wildman–Crippen MR) is 74.0 cm³/mol. The van der Waals surface area contributed by atoms with Crippen molar-refractivity contribution < 1.29 is 0 Å². The van der Waals surface area contributed by atoms with Crippen LogP contribution in [0, 0.1) is 23.2 Å². The molecule has 0 aromatic heterocycles. The maximum atomic E-state index is 9.35. The predicted octanol–water partition coefficient (Wildman–Crippen LogP) is 3.14. The summed E-state index contributed by atoms with van der Waals surface area (Å²) in [7, 11) is 0. The van der Waals surface area contributed by atoms with E-state index in [9.17, 15) is 5.26 Å². The van der Waals surface area contributed by atoms with E-state index in [2.05, 4.69) is 43.5 Å². The van der Waals surface area contributed by atoms with Gasteiger partial charge in [0.1, 0.15) is 0 Å². The second-order valence-corrected chi connectivity index (χ2v) is 7.26. The van der Waals surface area contributed by atoms with E-state index in [0.717, 1.165) is 12.3 Å². The molecule has 17 heavy (non-hydrogen) atoms. The van der Waals surface area contributed by atoms with Crippen molar-refractivity contribution in [3.8, 4) is 6.07 Å². The first-order valence-electron chi connectivity index (χ1n) is 6.90. The number of rotatable bonds is 1. The van der Waals surface area contributed by atoms with Crippen LogP contribution in [0.1, 0.15) is 40.0 Å². The molecule has 2 nitrogen and oxygen atoms in total. The molecule has 2 rings (SSSR count). The number of nitriles is 1. The van der Waals surface area contributed by atoms with E-state index in [1.54, 1.807) is 0 Å². The highest BCUT2D eigenvalue weighted by molar-refractivity contribution is 8.00. The van der Waals surface area contributed by atoms with Crippen LogP contribution in [-0.2, 0) is 0 Å². The number of hydrogen-bond acceptors (Lipinski definition) is 3. The fourth-order valence-corrected chi connectivity index (χ4v) is 4.42. The van der Waals surface area contributed by atoms with E-state index in [1.807, 2.05) is 0 Å². The molecule has 96 valence electrons. The maximum absolute atomic E-state index is 9.35. The molecule has 5 unspecified atom stereocenters. The minimum atomic E-state index is 0.268. The highest BCUT2D eigenvalue weighted by atomic mass is 32.2. The Hall–Kier alpha value is -0.200. The second kappa shape index (κ2) is 5.63. The molecule has 0 N–H and O–H groups in total. The summed E-state index contributed by atoms with van der Waals surface area (Å²) < 4.78 is 0. The zero-order valence-corrected chi connectivity index (χ0v) is 12.0. The van der Waals surface area contributed by atoms with Gasteiger partial charge in [0.15, 0.2) is 0 Å². The van der Waals surface area contributed by atoms with Gasteiger partial charge in [0.2, 0.25) is 0 Å². The summed E-state index contributed by atoms with van der Waals surface area (Å²) in [4.78, 5) is 2.63. The Morgan fingerprint density at radius 3 is 2.71 bits per heavy atom. The number of thioether (sulfide) groups is 1. The highest BCUT2D eigenvalue weighted by Crippen LogP contribution is 2.36. The van der Waals surface area contributed by atoms with Crippen molar-refractivity contribution in [1.29, 1.82) is 5.26 Å². The molecule has 0 aromatic rings. The lowest BCUT2D eigenvalue weighted by Crippen LogP contribution is -2.54. The molecule has 0 spiro atoms. The standard InChI is InChI=1S/C14H24N2S/c1-10-4-5-13(9-15)14(8-10)16-6-7-17-12(3)11(16)2/h10-14H,4-8H2,1-3H3. The smallest absolute Gasteiger partial charge is 0.0672 e. The minimum Gasteiger partial charge on any atom is -0.294 e. The summed E-state index contributed by atoms with van der Waals surface area (Å²) in [6, 6.07) is 3.70. The molecule has 0 amide bonds. The Morgan fingerprint density at radius 1 is 1.24 bits per heavy atom. The number of hydrogen-bond donors (Lipinski definition) is 0. The zero-order chi connectivity index (χ0) is 12.4. The van der Waals surface area contributed by atoms with Crippen LogP contribution < -0.4 is 0 Å². The third kappa shape index (κ3) is 2.80. The SMILES string of the molecule is CC1CCC(C#N)C(N2CCSC(C)C2C)C1. The molecule has 1 saturated heterocycles. The first-order chi connectivity index (χ1) is 8.13. The third-order valence-corrected chi connectivity index (χ3v) is 5.94. The molecule has 0 bridgehead atoms. The van der Waals surface area contributed by atoms with Crippen molar-refractivity contribution in [2.75, 3.05) is 12.3 Å². The van der Waals surface area contributed by atoms with E-state index < -0.39 is 0 Å². The van der Waals surface area contributed by atoms with Crippen LogP contribution in [-0.4, -0.2) is 34.5 Å². The van der Waals surface area contributed by atoms with Crippen molar-refractivity contribution in [2.24, 2.45) is 11.8 Å². The van der Waals surface area contributed by atoms with Crippen LogP contribution in [0.15, 0.2) is 0 Å². The molecule has 0 aromatic carbocycles. The first kappa shape index (κ1) is 13.2. The molecule has 0 radical (unpaired) electrons. The van der Waals surface area contributed by atoms with Gasteiger partial charge in [-0.25, -0.2) is 0 Å². The molecule has 3 heteroatoms.